The number of hydrogen-bond donors (Lipinski definition) is 2. The SMILES string of the molecule is CC(C)(C)C(=O)CNC(=O)c1ccccc1NS(=O)(=O)c1ccccc1. The molecular formula is C19H22N2O4S. The van der Waals surface area contributed by atoms with Gasteiger partial charge in [0.1, 0.15) is 0 Å². The zero-order valence-corrected chi connectivity index (χ0v) is 15.8. The normalized spacial score (nSPS) is 11.7. The summed E-state index contributed by atoms with van der Waals surface area (Å²) < 4.78 is 27.4. The van der Waals surface area contributed by atoms with Crippen molar-refractivity contribution >= 4 is 27.4 Å². The molecule has 0 unspecified atom stereocenters. The van der Waals surface area contributed by atoms with Crippen LogP contribution in [0.2, 0.25) is 0 Å². The fourth-order valence-electron chi connectivity index (χ4n) is 2.09. The van der Waals surface area contributed by atoms with E-state index in [4.69, 9.17) is 0 Å². The van der Waals surface area contributed by atoms with E-state index in [1.165, 1.54) is 24.3 Å². The van der Waals surface area contributed by atoms with Crippen LogP contribution in [0.25, 0.3) is 0 Å². The molecule has 0 saturated carbocycles. The summed E-state index contributed by atoms with van der Waals surface area (Å²) in [5.41, 5.74) is -0.271. The van der Waals surface area contributed by atoms with Crippen molar-refractivity contribution < 1.29 is 18.0 Å². The number of anilines is 1. The molecule has 0 aliphatic carbocycles. The quantitative estimate of drug-likeness (QED) is 0.813. The lowest BCUT2D eigenvalue weighted by Crippen LogP contribution is -2.35. The highest BCUT2D eigenvalue weighted by Crippen LogP contribution is 2.20. The van der Waals surface area contributed by atoms with Gasteiger partial charge in [0.05, 0.1) is 22.7 Å². The van der Waals surface area contributed by atoms with E-state index >= 15 is 0 Å². The molecule has 0 atom stereocenters. The Morgan fingerprint density at radius 3 is 2.12 bits per heavy atom. The molecule has 2 rings (SSSR count). The number of carbonyl (C=O) groups is 2. The highest BCUT2D eigenvalue weighted by molar-refractivity contribution is 7.92. The van der Waals surface area contributed by atoms with Crippen molar-refractivity contribution in [1.29, 1.82) is 0 Å². The van der Waals surface area contributed by atoms with Crippen LogP contribution in [0.1, 0.15) is 31.1 Å². The smallest absolute Gasteiger partial charge is 0.261 e. The number of para-hydroxylation sites is 1. The summed E-state index contributed by atoms with van der Waals surface area (Å²) in [6.07, 6.45) is 0. The number of benzene rings is 2. The van der Waals surface area contributed by atoms with Crippen LogP contribution < -0.4 is 10.0 Å². The maximum atomic E-state index is 12.5. The predicted octanol–water partition coefficient (Wildman–Crippen LogP) is 2.83. The predicted molar refractivity (Wildman–Crippen MR) is 100 cm³/mol. The lowest BCUT2D eigenvalue weighted by Gasteiger charge is -2.17. The summed E-state index contributed by atoms with van der Waals surface area (Å²) in [5.74, 6) is -0.637. The molecule has 0 heterocycles. The van der Waals surface area contributed by atoms with E-state index < -0.39 is 21.3 Å². The first kappa shape index (κ1) is 19.7. The largest absolute Gasteiger partial charge is 0.345 e. The molecule has 1 amide bonds. The average molecular weight is 374 g/mol. The molecule has 138 valence electrons. The molecule has 0 radical (unpaired) electrons. The molecule has 2 aromatic rings. The van der Waals surface area contributed by atoms with E-state index in [9.17, 15) is 18.0 Å². The third kappa shape index (κ3) is 4.92. The van der Waals surface area contributed by atoms with Gasteiger partial charge in [-0.05, 0) is 24.3 Å². The van der Waals surface area contributed by atoms with Gasteiger partial charge in [0, 0.05) is 5.41 Å². The highest BCUT2D eigenvalue weighted by atomic mass is 32.2. The Kier molecular flexibility index (Phi) is 5.82. The summed E-state index contributed by atoms with van der Waals surface area (Å²) in [4.78, 5) is 24.5. The lowest BCUT2D eigenvalue weighted by molar-refractivity contribution is -0.125. The van der Waals surface area contributed by atoms with E-state index in [2.05, 4.69) is 10.0 Å². The number of sulfonamides is 1. The molecule has 0 spiro atoms. The van der Waals surface area contributed by atoms with Crippen molar-refractivity contribution in [1.82, 2.24) is 5.32 Å². The van der Waals surface area contributed by atoms with Gasteiger partial charge in [0.15, 0.2) is 5.78 Å². The fourth-order valence-corrected chi connectivity index (χ4v) is 3.20. The van der Waals surface area contributed by atoms with Gasteiger partial charge in [0.25, 0.3) is 15.9 Å². The maximum absolute atomic E-state index is 12.5. The van der Waals surface area contributed by atoms with Crippen molar-refractivity contribution in [2.24, 2.45) is 5.41 Å². The molecule has 0 aromatic heterocycles. The Morgan fingerprint density at radius 1 is 0.923 bits per heavy atom. The fraction of sp³-hybridized carbons (Fsp3) is 0.263. The van der Waals surface area contributed by atoms with Gasteiger partial charge >= 0.3 is 0 Å². The summed E-state index contributed by atoms with van der Waals surface area (Å²) in [6, 6.07) is 14.1. The Balaban J connectivity index is 2.20. The van der Waals surface area contributed by atoms with E-state index in [1.54, 1.807) is 51.1 Å². The van der Waals surface area contributed by atoms with Crippen LogP contribution in [0.3, 0.4) is 0 Å². The average Bonchev–Trinajstić information content (AvgIpc) is 2.59. The number of nitrogens with one attached hydrogen (secondary N) is 2. The van der Waals surface area contributed by atoms with Crippen molar-refractivity contribution in [3.63, 3.8) is 0 Å². The van der Waals surface area contributed by atoms with Crippen LogP contribution in [0.5, 0.6) is 0 Å². The third-order valence-corrected chi connectivity index (χ3v) is 5.10. The van der Waals surface area contributed by atoms with Crippen molar-refractivity contribution in [3.8, 4) is 0 Å². The number of hydrogen-bond acceptors (Lipinski definition) is 4. The second-order valence-corrected chi connectivity index (χ2v) is 8.50. The molecule has 6 nitrogen and oxygen atoms in total. The van der Waals surface area contributed by atoms with E-state index in [0.29, 0.717) is 0 Å². The van der Waals surface area contributed by atoms with E-state index in [1.807, 2.05) is 0 Å². The second kappa shape index (κ2) is 7.70. The van der Waals surface area contributed by atoms with Crippen molar-refractivity contribution in [2.75, 3.05) is 11.3 Å². The molecular weight excluding hydrogens is 352 g/mol. The summed E-state index contributed by atoms with van der Waals surface area (Å²) in [5, 5.41) is 2.55. The minimum absolute atomic E-state index is 0.0955. The Labute approximate surface area is 153 Å². The molecule has 2 aromatic carbocycles. The Hall–Kier alpha value is -2.67. The number of ketones is 1. The van der Waals surface area contributed by atoms with Gasteiger partial charge in [-0.2, -0.15) is 0 Å². The zero-order valence-electron chi connectivity index (χ0n) is 14.9. The molecule has 7 heteroatoms. The van der Waals surface area contributed by atoms with Gasteiger partial charge in [-0.3, -0.25) is 14.3 Å². The third-order valence-electron chi connectivity index (χ3n) is 3.72. The monoisotopic (exact) mass is 374 g/mol. The summed E-state index contributed by atoms with van der Waals surface area (Å²) >= 11 is 0. The number of Topliss-reactive ketones (excluding diaryl/α,β-unsaturated/α-hetero) is 1. The summed E-state index contributed by atoms with van der Waals surface area (Å²) in [7, 11) is -3.82. The topological polar surface area (TPSA) is 92.3 Å². The second-order valence-electron chi connectivity index (χ2n) is 6.82. The number of rotatable bonds is 6. The van der Waals surface area contributed by atoms with Crippen molar-refractivity contribution in [2.45, 2.75) is 25.7 Å². The van der Waals surface area contributed by atoms with Crippen LogP contribution in [-0.2, 0) is 14.8 Å². The van der Waals surface area contributed by atoms with E-state index in [-0.39, 0.29) is 28.5 Å². The van der Waals surface area contributed by atoms with Gasteiger partial charge in [-0.15, -0.1) is 0 Å². The standard InChI is InChI=1S/C19H22N2O4S/c1-19(2,3)17(22)13-20-18(23)15-11-7-8-12-16(15)21-26(24,25)14-9-5-4-6-10-14/h4-12,21H,13H2,1-3H3,(H,20,23). The molecule has 0 bridgehead atoms. The number of carbonyl (C=O) groups excluding carboxylic acids is 2. The first-order valence-corrected chi connectivity index (χ1v) is 9.58. The first-order chi connectivity index (χ1) is 12.1. The minimum atomic E-state index is -3.82. The Morgan fingerprint density at radius 2 is 1.50 bits per heavy atom. The van der Waals surface area contributed by atoms with Crippen LogP contribution >= 0.6 is 0 Å². The highest BCUT2D eigenvalue weighted by Gasteiger charge is 2.23. The van der Waals surface area contributed by atoms with Gasteiger partial charge < -0.3 is 5.32 Å². The summed E-state index contributed by atoms with van der Waals surface area (Å²) in [6.45, 7) is 5.18. The zero-order chi connectivity index (χ0) is 19.4. The lowest BCUT2D eigenvalue weighted by atomic mass is 9.91. The molecule has 0 aliphatic rings. The molecule has 0 saturated heterocycles. The molecule has 0 aliphatic heterocycles. The maximum Gasteiger partial charge on any atom is 0.261 e. The van der Waals surface area contributed by atoms with Crippen LogP contribution in [0, 0.1) is 5.41 Å². The van der Waals surface area contributed by atoms with Gasteiger partial charge in [-0.25, -0.2) is 8.42 Å². The molecule has 26 heavy (non-hydrogen) atoms. The van der Waals surface area contributed by atoms with E-state index in [0.717, 1.165) is 0 Å². The van der Waals surface area contributed by atoms with Crippen LogP contribution in [0.15, 0.2) is 59.5 Å². The van der Waals surface area contributed by atoms with Crippen LogP contribution in [0.4, 0.5) is 5.69 Å². The van der Waals surface area contributed by atoms with Crippen LogP contribution in [-0.4, -0.2) is 26.7 Å². The van der Waals surface area contributed by atoms with Gasteiger partial charge in [-0.1, -0.05) is 51.1 Å². The first-order valence-electron chi connectivity index (χ1n) is 8.09. The number of amides is 1. The molecule has 2 N–H and O–H groups in total. The molecule has 0 fully saturated rings. The van der Waals surface area contributed by atoms with Crippen molar-refractivity contribution in [3.05, 3.63) is 60.2 Å². The minimum Gasteiger partial charge on any atom is -0.345 e. The Bertz CT molecular complexity index is 901. The van der Waals surface area contributed by atoms with Gasteiger partial charge in [0.2, 0.25) is 0 Å².